The first-order valence-electron chi connectivity index (χ1n) is 4.78. The van der Waals surface area contributed by atoms with Gasteiger partial charge in [0.05, 0.1) is 18.1 Å². The zero-order valence-electron chi connectivity index (χ0n) is 7.67. The number of hydrogen-bond donors (Lipinski definition) is 2. The largest absolute Gasteiger partial charge is 0.547 e. The normalized spacial score (nSPS) is 35.9. The molecule has 80 valence electrons. The quantitative estimate of drug-likeness (QED) is 0.552. The summed E-state index contributed by atoms with van der Waals surface area (Å²) in [5, 5.41) is 31.1. The Morgan fingerprint density at radius 2 is 1.57 bits per heavy atom. The highest BCUT2D eigenvalue weighted by molar-refractivity contribution is 5.70. The lowest BCUT2D eigenvalue weighted by molar-refractivity contribution is -0.334. The molecule has 6 nitrogen and oxygen atoms in total. The Labute approximate surface area is 81.3 Å². The van der Waals surface area contributed by atoms with Crippen LogP contribution in [0.5, 0.6) is 0 Å². The molecule has 1 saturated carbocycles. The molecule has 2 rings (SSSR count). The first-order chi connectivity index (χ1) is 6.63. The van der Waals surface area contributed by atoms with Crippen molar-refractivity contribution in [1.29, 1.82) is 0 Å². The molecule has 1 aliphatic carbocycles. The average Bonchev–Trinajstić information content (AvgIpc) is 2.41. The van der Waals surface area contributed by atoms with Gasteiger partial charge in [-0.05, 0) is 12.8 Å². The van der Waals surface area contributed by atoms with Gasteiger partial charge in [-0.3, -0.25) is 0 Å². The second-order valence-electron chi connectivity index (χ2n) is 3.87. The van der Waals surface area contributed by atoms with Crippen LogP contribution in [0.3, 0.4) is 0 Å². The summed E-state index contributed by atoms with van der Waals surface area (Å²) in [5.74, 6) is -1.47. The highest BCUT2D eigenvalue weighted by Gasteiger charge is 2.47. The van der Waals surface area contributed by atoms with Gasteiger partial charge in [0.25, 0.3) is 0 Å². The molecule has 0 amide bonds. The highest BCUT2D eigenvalue weighted by Crippen LogP contribution is 2.33. The van der Waals surface area contributed by atoms with Crippen LogP contribution in [0.4, 0.5) is 0 Å². The second-order valence-corrected chi connectivity index (χ2v) is 3.87. The minimum atomic E-state index is -1.47. The summed E-state index contributed by atoms with van der Waals surface area (Å²) in [4.78, 5) is 10.7. The predicted octanol–water partition coefficient (Wildman–Crippen LogP) is -1.23. The highest BCUT2D eigenvalue weighted by atomic mass is 16.6. The monoisotopic (exact) mass is 201 g/mol. The molecular weight excluding hydrogens is 188 g/mol. The fraction of sp³-hybridized carbons (Fsp3) is 0.875. The first-order valence-corrected chi connectivity index (χ1v) is 4.78. The van der Waals surface area contributed by atoms with Crippen molar-refractivity contribution < 1.29 is 20.3 Å². The Kier molecular flexibility index (Phi) is 2.44. The number of carboxylic acids is 1. The molecule has 1 saturated heterocycles. The smallest absolute Gasteiger partial charge is 0.150 e. The molecule has 2 aliphatic rings. The molecule has 2 N–H and O–H groups in total. The van der Waals surface area contributed by atoms with Crippen LogP contribution in [0.1, 0.15) is 25.7 Å². The van der Waals surface area contributed by atoms with E-state index in [9.17, 15) is 20.3 Å². The standard InChI is InChI=1S/C8H14N2O4/c11-8(12)7-9(13)5-3-1-2-4-6(5)10(7)14/h5-7,13-14H,1-4H2,(H,11,12)/p-1/t5-,6-/m0/s1. The first kappa shape index (κ1) is 9.85. The van der Waals surface area contributed by atoms with Gasteiger partial charge in [-0.1, -0.05) is 12.8 Å². The Morgan fingerprint density at radius 3 is 1.93 bits per heavy atom. The van der Waals surface area contributed by atoms with Crippen LogP contribution in [0.25, 0.3) is 0 Å². The van der Waals surface area contributed by atoms with Crippen molar-refractivity contribution in [3.05, 3.63) is 0 Å². The molecule has 6 heteroatoms. The lowest BCUT2D eigenvalue weighted by atomic mass is 9.91. The lowest BCUT2D eigenvalue weighted by Crippen LogP contribution is -2.50. The zero-order chi connectivity index (χ0) is 10.3. The van der Waals surface area contributed by atoms with Crippen LogP contribution in [0.2, 0.25) is 0 Å². The van der Waals surface area contributed by atoms with Crippen molar-refractivity contribution in [1.82, 2.24) is 10.1 Å². The maximum Gasteiger partial charge on any atom is 0.150 e. The Morgan fingerprint density at radius 1 is 1.14 bits per heavy atom. The number of nitrogens with zero attached hydrogens (tertiary/aromatic N) is 2. The van der Waals surface area contributed by atoms with Gasteiger partial charge in [0, 0.05) is 0 Å². The number of aliphatic carboxylic acids is 1. The minimum absolute atomic E-state index is 0.281. The van der Waals surface area contributed by atoms with Crippen LogP contribution in [-0.2, 0) is 4.79 Å². The van der Waals surface area contributed by atoms with E-state index < -0.39 is 12.1 Å². The van der Waals surface area contributed by atoms with E-state index in [1.165, 1.54) is 0 Å². The molecule has 0 aromatic heterocycles. The van der Waals surface area contributed by atoms with E-state index in [1.54, 1.807) is 0 Å². The predicted molar refractivity (Wildman–Crippen MR) is 42.1 cm³/mol. The third kappa shape index (κ3) is 1.31. The summed E-state index contributed by atoms with van der Waals surface area (Å²) in [6.45, 7) is 0. The summed E-state index contributed by atoms with van der Waals surface area (Å²) < 4.78 is 0. The van der Waals surface area contributed by atoms with Crippen molar-refractivity contribution in [3.8, 4) is 0 Å². The SMILES string of the molecule is O=C([O-])C1N(O)[C@H]2CCCC[C@@H]2N1O. The number of hydrogen-bond acceptors (Lipinski definition) is 6. The van der Waals surface area contributed by atoms with E-state index >= 15 is 0 Å². The molecule has 0 unspecified atom stereocenters. The molecule has 1 aliphatic heterocycles. The van der Waals surface area contributed by atoms with Gasteiger partial charge in [0.15, 0.2) is 0 Å². The summed E-state index contributed by atoms with van der Waals surface area (Å²) in [6.07, 6.45) is 1.91. The molecule has 0 radical (unpaired) electrons. The molecule has 0 aromatic carbocycles. The number of carboxylic acid groups (broad SMARTS) is 1. The van der Waals surface area contributed by atoms with Crippen LogP contribution in [0.15, 0.2) is 0 Å². The van der Waals surface area contributed by atoms with Crippen molar-refractivity contribution in [2.75, 3.05) is 0 Å². The second kappa shape index (κ2) is 3.47. The van der Waals surface area contributed by atoms with Gasteiger partial charge in [-0.2, -0.15) is 10.1 Å². The lowest BCUT2D eigenvalue weighted by Gasteiger charge is -2.27. The third-order valence-electron chi connectivity index (χ3n) is 3.09. The van der Waals surface area contributed by atoms with Gasteiger partial charge in [0.2, 0.25) is 0 Å². The molecule has 0 bridgehead atoms. The Hall–Kier alpha value is -0.690. The van der Waals surface area contributed by atoms with Gasteiger partial charge in [-0.15, -0.1) is 0 Å². The van der Waals surface area contributed by atoms with Crippen LogP contribution in [0, 0.1) is 0 Å². The molecule has 2 atom stereocenters. The van der Waals surface area contributed by atoms with E-state index in [0.29, 0.717) is 23.0 Å². The summed E-state index contributed by atoms with van der Waals surface area (Å²) in [7, 11) is 0. The molecular formula is C8H13N2O4-. The number of rotatable bonds is 1. The summed E-state index contributed by atoms with van der Waals surface area (Å²) in [5.41, 5.74) is 0. The fourth-order valence-electron chi connectivity index (χ4n) is 2.41. The van der Waals surface area contributed by atoms with Gasteiger partial charge in [-0.25, -0.2) is 0 Å². The average molecular weight is 201 g/mol. The topological polar surface area (TPSA) is 87.1 Å². The number of hydroxylamine groups is 4. The fourth-order valence-corrected chi connectivity index (χ4v) is 2.41. The van der Waals surface area contributed by atoms with Crippen LogP contribution >= 0.6 is 0 Å². The van der Waals surface area contributed by atoms with E-state index in [-0.39, 0.29) is 12.1 Å². The molecule has 0 spiro atoms. The molecule has 2 fully saturated rings. The molecule has 14 heavy (non-hydrogen) atoms. The summed E-state index contributed by atoms with van der Waals surface area (Å²) in [6, 6.07) is -0.562. The van der Waals surface area contributed by atoms with Gasteiger partial charge in [0.1, 0.15) is 6.17 Å². The molecule has 1 heterocycles. The van der Waals surface area contributed by atoms with Gasteiger partial charge >= 0.3 is 0 Å². The Balaban J connectivity index is 2.19. The maximum absolute atomic E-state index is 10.7. The van der Waals surface area contributed by atoms with Crippen LogP contribution < -0.4 is 5.11 Å². The van der Waals surface area contributed by atoms with Crippen molar-refractivity contribution >= 4 is 5.97 Å². The van der Waals surface area contributed by atoms with Crippen molar-refractivity contribution in [2.45, 2.75) is 43.9 Å². The summed E-state index contributed by atoms with van der Waals surface area (Å²) >= 11 is 0. The van der Waals surface area contributed by atoms with Crippen LogP contribution in [-0.4, -0.2) is 44.8 Å². The van der Waals surface area contributed by atoms with E-state index in [2.05, 4.69) is 0 Å². The van der Waals surface area contributed by atoms with Crippen molar-refractivity contribution in [3.63, 3.8) is 0 Å². The number of carbonyl (C=O) groups excluding carboxylic acids is 1. The number of fused-ring (bicyclic) bond motifs is 1. The number of carbonyl (C=O) groups is 1. The van der Waals surface area contributed by atoms with E-state index in [4.69, 9.17) is 0 Å². The zero-order valence-corrected chi connectivity index (χ0v) is 7.67. The Bertz CT molecular complexity index is 229. The van der Waals surface area contributed by atoms with E-state index in [0.717, 1.165) is 12.8 Å². The molecule has 0 aromatic rings. The maximum atomic E-state index is 10.7. The third-order valence-corrected chi connectivity index (χ3v) is 3.09. The van der Waals surface area contributed by atoms with Crippen molar-refractivity contribution in [2.24, 2.45) is 0 Å². The minimum Gasteiger partial charge on any atom is -0.547 e. The van der Waals surface area contributed by atoms with Gasteiger partial charge < -0.3 is 20.3 Å². The van der Waals surface area contributed by atoms with E-state index in [1.807, 2.05) is 0 Å².